The van der Waals surface area contributed by atoms with Crippen LogP contribution in [-0.4, -0.2) is 5.78 Å². The van der Waals surface area contributed by atoms with Gasteiger partial charge < -0.3 is 0 Å². The van der Waals surface area contributed by atoms with Crippen molar-refractivity contribution < 1.29 is 9.18 Å². The third kappa shape index (κ3) is 5.40. The highest BCUT2D eigenvalue weighted by molar-refractivity contribution is 6.02. The van der Waals surface area contributed by atoms with E-state index in [2.05, 4.69) is 6.58 Å². The molecule has 0 N–H and O–H groups in total. The number of carbonyl (C=O) groups excluding carboxylic acids is 1. The van der Waals surface area contributed by atoms with Crippen LogP contribution in [0.2, 0.25) is 0 Å². The van der Waals surface area contributed by atoms with E-state index in [9.17, 15) is 9.18 Å². The number of hydrogen-bond acceptors (Lipinski definition) is 1. The molecule has 1 aromatic carbocycles. The first-order valence-corrected chi connectivity index (χ1v) is 10.3. The molecule has 0 radical (unpaired) electrons. The quantitative estimate of drug-likeness (QED) is 0.411. The molecule has 1 aromatic rings. The molecule has 2 saturated carbocycles. The van der Waals surface area contributed by atoms with Crippen LogP contribution in [0.25, 0.3) is 6.08 Å². The maximum Gasteiger partial charge on any atom is 0.162 e. The number of rotatable bonds is 3. The molecule has 3 unspecified atom stereocenters. The van der Waals surface area contributed by atoms with Crippen LogP contribution in [0.1, 0.15) is 71.8 Å². The second kappa shape index (κ2) is 11.8. The molecule has 3 rings (SSSR count). The molecule has 2 heteroatoms. The molecule has 0 saturated heterocycles. The van der Waals surface area contributed by atoms with Crippen LogP contribution < -0.4 is 0 Å². The smallest absolute Gasteiger partial charge is 0.162 e. The minimum Gasteiger partial charge on any atom is -0.294 e. The number of fused-ring (bicyclic) bond motifs is 1. The van der Waals surface area contributed by atoms with Gasteiger partial charge in [0.15, 0.2) is 5.78 Å². The highest BCUT2D eigenvalue weighted by Gasteiger charge is 2.40. The summed E-state index contributed by atoms with van der Waals surface area (Å²) in [5.74, 6) is 1.25. The lowest BCUT2D eigenvalue weighted by molar-refractivity contribution is -0.124. The summed E-state index contributed by atoms with van der Waals surface area (Å²) in [6.07, 6.45) is 9.93. The highest BCUT2D eigenvalue weighted by Crippen LogP contribution is 2.45. The summed E-state index contributed by atoms with van der Waals surface area (Å²) in [6, 6.07) is 6.68. The monoisotopic (exact) mass is 358 g/mol. The summed E-state index contributed by atoms with van der Waals surface area (Å²) in [5, 5.41) is 0. The Bertz CT molecular complexity index is 602. The Hall–Kier alpha value is -1.70. The fraction of sp³-hybridized carbons (Fsp3) is 0.542. The lowest BCUT2D eigenvalue weighted by Gasteiger charge is -2.41. The van der Waals surface area contributed by atoms with Gasteiger partial charge in [-0.1, -0.05) is 58.4 Å². The van der Waals surface area contributed by atoms with Gasteiger partial charge in [0.1, 0.15) is 5.82 Å². The third-order valence-electron chi connectivity index (χ3n) is 5.32. The predicted molar refractivity (Wildman–Crippen MR) is 110 cm³/mol. The molecule has 0 amide bonds. The Morgan fingerprint density at radius 1 is 1.12 bits per heavy atom. The van der Waals surface area contributed by atoms with E-state index in [0.717, 1.165) is 37.7 Å². The van der Waals surface area contributed by atoms with E-state index in [4.69, 9.17) is 0 Å². The summed E-state index contributed by atoms with van der Waals surface area (Å²) in [5.41, 5.74) is 1.34. The third-order valence-corrected chi connectivity index (χ3v) is 5.32. The van der Waals surface area contributed by atoms with E-state index >= 15 is 0 Å². The van der Waals surface area contributed by atoms with Crippen molar-refractivity contribution in [3.8, 4) is 0 Å². The maximum atomic E-state index is 13.8. The van der Waals surface area contributed by atoms with Crippen molar-refractivity contribution >= 4 is 11.9 Å². The minimum absolute atomic E-state index is 0.144. The van der Waals surface area contributed by atoms with Crippen LogP contribution in [0.15, 0.2) is 42.5 Å². The number of benzene rings is 1. The molecule has 0 heterocycles. The summed E-state index contributed by atoms with van der Waals surface area (Å²) in [7, 11) is 0. The molecule has 0 spiro atoms. The zero-order chi connectivity index (χ0) is 19.5. The standard InChI is InChI=1S/C20H23FO.2C2H6/c1-2-6-14-8-5-9-18-17(14)12-11-16(20(18)22)13-15-7-3-4-10-19(15)21;2*1-2/h2-4,7,10,13-14,17-18H,1,5-6,8-9,11-12H2;2*1-2H3/b16-13+;;. The van der Waals surface area contributed by atoms with Crippen molar-refractivity contribution in [2.45, 2.75) is 66.2 Å². The lowest BCUT2D eigenvalue weighted by Crippen LogP contribution is -2.37. The Labute approximate surface area is 159 Å². The summed E-state index contributed by atoms with van der Waals surface area (Å²) in [6.45, 7) is 11.9. The van der Waals surface area contributed by atoms with E-state index in [0.29, 0.717) is 17.4 Å². The van der Waals surface area contributed by atoms with Gasteiger partial charge in [-0.05, 0) is 61.7 Å². The first kappa shape index (κ1) is 22.3. The van der Waals surface area contributed by atoms with Crippen molar-refractivity contribution in [2.75, 3.05) is 0 Å². The molecular weight excluding hydrogens is 323 g/mol. The van der Waals surface area contributed by atoms with Gasteiger partial charge in [0.05, 0.1) is 0 Å². The topological polar surface area (TPSA) is 17.1 Å². The summed E-state index contributed by atoms with van der Waals surface area (Å²) >= 11 is 0. The molecule has 144 valence electrons. The van der Waals surface area contributed by atoms with E-state index in [-0.39, 0.29) is 17.5 Å². The van der Waals surface area contributed by atoms with Gasteiger partial charge in [0.2, 0.25) is 0 Å². The lowest BCUT2D eigenvalue weighted by atomic mass is 9.63. The minimum atomic E-state index is -0.252. The van der Waals surface area contributed by atoms with Gasteiger partial charge in [-0.15, -0.1) is 6.58 Å². The number of ketones is 1. The number of allylic oxidation sites excluding steroid dienone is 2. The second-order valence-electron chi connectivity index (χ2n) is 6.58. The van der Waals surface area contributed by atoms with Gasteiger partial charge in [-0.25, -0.2) is 4.39 Å². The Morgan fingerprint density at radius 2 is 1.81 bits per heavy atom. The zero-order valence-electron chi connectivity index (χ0n) is 16.9. The molecule has 1 nitrogen and oxygen atoms in total. The maximum absolute atomic E-state index is 13.8. The van der Waals surface area contributed by atoms with Crippen LogP contribution >= 0.6 is 0 Å². The van der Waals surface area contributed by atoms with Crippen LogP contribution in [0, 0.1) is 23.6 Å². The largest absolute Gasteiger partial charge is 0.294 e. The molecule has 2 aliphatic carbocycles. The van der Waals surface area contributed by atoms with Crippen LogP contribution in [0.4, 0.5) is 4.39 Å². The van der Waals surface area contributed by atoms with Gasteiger partial charge in [0.25, 0.3) is 0 Å². The van der Waals surface area contributed by atoms with Gasteiger partial charge in [0, 0.05) is 11.5 Å². The average Bonchev–Trinajstić information content (AvgIpc) is 2.69. The van der Waals surface area contributed by atoms with E-state index < -0.39 is 0 Å². The van der Waals surface area contributed by atoms with Crippen LogP contribution in [-0.2, 0) is 4.79 Å². The molecular formula is C24H35FO. The Kier molecular flexibility index (Phi) is 10.2. The SMILES string of the molecule is C=CCC1CCCC2C(=O)/C(=C/c3ccccc3F)CCC12.CC.CC. The van der Waals surface area contributed by atoms with Crippen molar-refractivity contribution in [3.05, 3.63) is 53.9 Å². The van der Waals surface area contributed by atoms with Crippen LogP contribution in [0.5, 0.6) is 0 Å². The number of carbonyl (C=O) groups is 1. The second-order valence-corrected chi connectivity index (χ2v) is 6.58. The first-order chi connectivity index (χ1) is 12.7. The zero-order valence-corrected chi connectivity index (χ0v) is 16.9. The summed E-state index contributed by atoms with van der Waals surface area (Å²) < 4.78 is 13.8. The summed E-state index contributed by atoms with van der Waals surface area (Å²) in [4.78, 5) is 12.8. The molecule has 0 aromatic heterocycles. The van der Waals surface area contributed by atoms with Crippen molar-refractivity contribution in [2.24, 2.45) is 17.8 Å². The molecule has 2 aliphatic rings. The first-order valence-electron chi connectivity index (χ1n) is 10.3. The number of Topliss-reactive ketones (excluding diaryl/α,β-unsaturated/α-hetero) is 1. The van der Waals surface area contributed by atoms with Gasteiger partial charge in [-0.3, -0.25) is 4.79 Å². The Morgan fingerprint density at radius 3 is 2.46 bits per heavy atom. The molecule has 0 bridgehead atoms. The van der Waals surface area contributed by atoms with Crippen molar-refractivity contribution in [3.63, 3.8) is 0 Å². The highest BCUT2D eigenvalue weighted by atomic mass is 19.1. The fourth-order valence-electron chi connectivity index (χ4n) is 4.23. The van der Waals surface area contributed by atoms with Gasteiger partial charge in [-0.2, -0.15) is 0 Å². The number of hydrogen-bond donors (Lipinski definition) is 0. The van der Waals surface area contributed by atoms with Crippen LogP contribution in [0.3, 0.4) is 0 Å². The molecule has 2 fully saturated rings. The average molecular weight is 359 g/mol. The molecule has 26 heavy (non-hydrogen) atoms. The van der Waals surface area contributed by atoms with E-state index in [1.165, 1.54) is 12.5 Å². The Balaban J connectivity index is 0.000000791. The van der Waals surface area contributed by atoms with Crippen molar-refractivity contribution in [1.29, 1.82) is 0 Å². The fourth-order valence-corrected chi connectivity index (χ4v) is 4.23. The number of halogens is 1. The predicted octanol–water partition coefficient (Wildman–Crippen LogP) is 7.23. The van der Waals surface area contributed by atoms with E-state index in [1.807, 2.05) is 39.8 Å². The molecule has 0 aliphatic heterocycles. The molecule has 3 atom stereocenters. The van der Waals surface area contributed by atoms with E-state index in [1.54, 1.807) is 18.2 Å². The normalized spacial score (nSPS) is 26.0. The van der Waals surface area contributed by atoms with Crippen molar-refractivity contribution in [1.82, 2.24) is 0 Å². The van der Waals surface area contributed by atoms with Gasteiger partial charge >= 0.3 is 0 Å².